The van der Waals surface area contributed by atoms with Gasteiger partial charge in [0.25, 0.3) is 10.0 Å². The summed E-state index contributed by atoms with van der Waals surface area (Å²) >= 11 is 7.19. The van der Waals surface area contributed by atoms with Crippen LogP contribution in [0.4, 0.5) is 0 Å². The molecule has 2 aromatic heterocycles. The van der Waals surface area contributed by atoms with E-state index in [1.54, 1.807) is 37.3 Å². The van der Waals surface area contributed by atoms with Crippen molar-refractivity contribution in [3.63, 3.8) is 0 Å². The number of hydrogen-bond acceptors (Lipinski definition) is 6. The number of nitrogens with zero attached hydrogens (tertiary/aromatic N) is 2. The summed E-state index contributed by atoms with van der Waals surface area (Å²) in [7, 11) is -3.87. The van der Waals surface area contributed by atoms with Crippen LogP contribution < -0.4 is 10.5 Å². The molecule has 3 aromatic rings. The van der Waals surface area contributed by atoms with Crippen LogP contribution in [0.3, 0.4) is 0 Å². The Hall–Kier alpha value is -2.40. The second-order valence-electron chi connectivity index (χ2n) is 6.88. The van der Waals surface area contributed by atoms with Crippen LogP contribution in [-0.2, 0) is 14.8 Å². The predicted octanol–water partition coefficient (Wildman–Crippen LogP) is 2.70. The van der Waals surface area contributed by atoms with Crippen molar-refractivity contribution >= 4 is 54.8 Å². The van der Waals surface area contributed by atoms with E-state index in [1.807, 2.05) is 0 Å². The van der Waals surface area contributed by atoms with E-state index >= 15 is 0 Å². The van der Waals surface area contributed by atoms with Crippen molar-refractivity contribution in [3.05, 3.63) is 52.9 Å². The molecule has 1 atom stereocenters. The van der Waals surface area contributed by atoms with Crippen molar-refractivity contribution < 1.29 is 17.6 Å². The van der Waals surface area contributed by atoms with E-state index in [9.17, 15) is 13.2 Å². The number of nitrogens with one attached hydrogen (secondary N) is 1. The van der Waals surface area contributed by atoms with Gasteiger partial charge in [-0.05, 0) is 54.6 Å². The van der Waals surface area contributed by atoms with Crippen molar-refractivity contribution in [3.8, 4) is 0 Å². The summed E-state index contributed by atoms with van der Waals surface area (Å²) in [5, 5.41) is 1.33. The number of furan rings is 1. The molecule has 0 unspecified atom stereocenters. The third kappa shape index (κ3) is 3.95. The first kappa shape index (κ1) is 20.9. The second kappa shape index (κ2) is 8.03. The molecule has 0 bridgehead atoms. The van der Waals surface area contributed by atoms with Crippen molar-refractivity contribution in [1.29, 1.82) is 0 Å². The van der Waals surface area contributed by atoms with Gasteiger partial charge in [-0.3, -0.25) is 4.79 Å². The Morgan fingerprint density at radius 3 is 2.97 bits per heavy atom. The lowest BCUT2D eigenvalue weighted by molar-refractivity contribution is -0.128. The van der Waals surface area contributed by atoms with Crippen LogP contribution in [0.15, 0.2) is 50.2 Å². The topological polar surface area (TPSA) is 118 Å². The van der Waals surface area contributed by atoms with Crippen LogP contribution in [-0.4, -0.2) is 44.3 Å². The predicted molar refractivity (Wildman–Crippen MR) is 116 cm³/mol. The molecule has 11 heteroatoms. The number of amides is 1. The number of aliphatic imine (C=N–C) groups is 1. The minimum Gasteiger partial charge on any atom is -0.461 e. The third-order valence-electron chi connectivity index (χ3n) is 4.88. The fourth-order valence-electron chi connectivity index (χ4n) is 3.32. The Morgan fingerprint density at radius 2 is 2.23 bits per heavy atom. The molecule has 158 valence electrons. The zero-order chi connectivity index (χ0) is 21.5. The van der Waals surface area contributed by atoms with E-state index in [1.165, 1.54) is 11.2 Å². The standard InChI is InChI=1S/C19H19ClN4O4S2/c1-11-13-9-12(20)4-5-16(13)29-19(11)30(26,27)23-14-6-7-24(18(14)25)10-22-17(21)15-3-2-8-28-15/h2-5,8-9,14,23H,6-7,10H2,1H3,(H2,21,22)/t14-/m0/s1. The number of benzene rings is 1. The van der Waals surface area contributed by atoms with Crippen LogP contribution >= 0.6 is 22.9 Å². The number of fused-ring (bicyclic) bond motifs is 1. The zero-order valence-electron chi connectivity index (χ0n) is 16.0. The average molecular weight is 467 g/mol. The van der Waals surface area contributed by atoms with Gasteiger partial charge in [-0.2, -0.15) is 4.72 Å². The highest BCUT2D eigenvalue weighted by Gasteiger charge is 2.36. The lowest BCUT2D eigenvalue weighted by Crippen LogP contribution is -2.41. The maximum atomic E-state index is 13.0. The quantitative estimate of drug-likeness (QED) is 0.427. The number of halogens is 1. The Balaban J connectivity index is 1.48. The highest BCUT2D eigenvalue weighted by molar-refractivity contribution is 7.91. The number of thiophene rings is 1. The summed E-state index contributed by atoms with van der Waals surface area (Å²) in [5.74, 6) is 0.256. The summed E-state index contributed by atoms with van der Waals surface area (Å²) in [6, 6.07) is 7.76. The van der Waals surface area contributed by atoms with E-state index in [0.717, 1.165) is 21.4 Å². The molecule has 8 nitrogen and oxygen atoms in total. The molecule has 1 aliphatic heterocycles. The molecule has 1 aromatic carbocycles. The van der Waals surface area contributed by atoms with Crippen molar-refractivity contribution in [1.82, 2.24) is 9.62 Å². The van der Waals surface area contributed by atoms with Gasteiger partial charge in [0.2, 0.25) is 5.91 Å². The summed E-state index contributed by atoms with van der Waals surface area (Å²) in [4.78, 5) is 18.3. The summed E-state index contributed by atoms with van der Waals surface area (Å²) < 4.78 is 34.7. The minimum atomic E-state index is -3.87. The fraction of sp³-hybridized carbons (Fsp3) is 0.263. The first-order valence-corrected chi connectivity index (χ1v) is 11.8. The highest BCUT2D eigenvalue weighted by atomic mass is 35.5. The molecule has 1 amide bonds. The number of hydrogen-bond donors (Lipinski definition) is 2. The van der Waals surface area contributed by atoms with Gasteiger partial charge in [-0.1, -0.05) is 11.6 Å². The molecule has 0 aliphatic carbocycles. The van der Waals surface area contributed by atoms with E-state index in [0.29, 0.717) is 29.3 Å². The first-order valence-electron chi connectivity index (χ1n) is 9.10. The Bertz CT molecular complexity index is 1230. The SMILES string of the molecule is Cc1c(S(=O)(=O)N[C@H]2CCN(CN=C(N)c3ccco3)C2=O)sc2ccc(Cl)cc12. The fourth-order valence-corrected chi connectivity index (χ4v) is 6.48. The van der Waals surface area contributed by atoms with Crippen molar-refractivity contribution in [2.45, 2.75) is 23.6 Å². The number of rotatable bonds is 6. The minimum absolute atomic E-state index is 0.0318. The molecule has 1 aliphatic rings. The van der Waals surface area contributed by atoms with E-state index < -0.39 is 16.1 Å². The average Bonchev–Trinajstić information content (AvgIpc) is 3.42. The number of amidine groups is 1. The van der Waals surface area contributed by atoms with Crippen molar-refractivity contribution in [2.24, 2.45) is 10.7 Å². The molecule has 3 N–H and O–H groups in total. The number of sulfonamides is 1. The summed E-state index contributed by atoms with van der Waals surface area (Å²) in [6.45, 7) is 2.14. The molecule has 4 rings (SSSR count). The Morgan fingerprint density at radius 1 is 1.43 bits per heavy atom. The smallest absolute Gasteiger partial charge is 0.251 e. The van der Waals surface area contributed by atoms with Gasteiger partial charge in [0.15, 0.2) is 11.6 Å². The molecular weight excluding hydrogens is 448 g/mol. The van der Waals surface area contributed by atoms with Gasteiger partial charge in [-0.15, -0.1) is 11.3 Å². The molecule has 3 heterocycles. The highest BCUT2D eigenvalue weighted by Crippen LogP contribution is 2.35. The molecule has 1 saturated heterocycles. The molecule has 0 saturated carbocycles. The zero-order valence-corrected chi connectivity index (χ0v) is 18.4. The maximum Gasteiger partial charge on any atom is 0.251 e. The monoisotopic (exact) mass is 466 g/mol. The molecular formula is C19H19ClN4O4S2. The maximum absolute atomic E-state index is 13.0. The molecule has 1 fully saturated rings. The molecule has 0 radical (unpaired) electrons. The third-order valence-corrected chi connectivity index (χ3v) is 8.48. The Labute approximate surface area is 182 Å². The van der Waals surface area contributed by atoms with E-state index in [-0.39, 0.29) is 22.6 Å². The number of carbonyl (C=O) groups excluding carboxylic acids is 1. The summed E-state index contributed by atoms with van der Waals surface area (Å²) in [6.07, 6.45) is 1.83. The van der Waals surface area contributed by atoms with Crippen LogP contribution in [0.2, 0.25) is 5.02 Å². The van der Waals surface area contributed by atoms with Crippen molar-refractivity contribution in [2.75, 3.05) is 13.2 Å². The first-order chi connectivity index (χ1) is 14.3. The van der Waals surface area contributed by atoms with Gasteiger partial charge < -0.3 is 15.1 Å². The van der Waals surface area contributed by atoms with Crippen LogP contribution in [0.25, 0.3) is 10.1 Å². The van der Waals surface area contributed by atoms with E-state index in [2.05, 4.69) is 9.71 Å². The van der Waals surface area contributed by atoms with Gasteiger partial charge in [0.05, 0.1) is 6.26 Å². The summed E-state index contributed by atoms with van der Waals surface area (Å²) in [5.41, 5.74) is 6.45. The van der Waals surface area contributed by atoms with Crippen LogP contribution in [0.1, 0.15) is 17.7 Å². The Kier molecular flexibility index (Phi) is 5.58. The lowest BCUT2D eigenvalue weighted by Gasteiger charge is -2.15. The normalized spacial score (nSPS) is 17.9. The van der Waals surface area contributed by atoms with E-state index in [4.69, 9.17) is 21.8 Å². The van der Waals surface area contributed by atoms with Gasteiger partial charge in [-0.25, -0.2) is 13.4 Å². The largest absolute Gasteiger partial charge is 0.461 e. The molecule has 30 heavy (non-hydrogen) atoms. The molecule has 0 spiro atoms. The van der Waals surface area contributed by atoms with Gasteiger partial charge in [0.1, 0.15) is 16.9 Å². The van der Waals surface area contributed by atoms with Gasteiger partial charge >= 0.3 is 0 Å². The number of aryl methyl sites for hydroxylation is 1. The van der Waals surface area contributed by atoms with Crippen LogP contribution in [0.5, 0.6) is 0 Å². The number of carbonyl (C=O) groups is 1. The number of nitrogens with two attached hydrogens (primary N) is 1. The second-order valence-corrected chi connectivity index (χ2v) is 10.3. The van der Waals surface area contributed by atoms with Gasteiger partial charge in [0, 0.05) is 16.3 Å². The van der Waals surface area contributed by atoms with Crippen LogP contribution in [0, 0.1) is 6.92 Å². The number of likely N-dealkylation sites (tertiary alicyclic amines) is 1. The lowest BCUT2D eigenvalue weighted by atomic mass is 10.2.